The van der Waals surface area contributed by atoms with Gasteiger partial charge in [-0.2, -0.15) is 5.26 Å². The SMILES string of the molecule is CN(CCC#N)C(=O)CN1CCCC(CCC(=O)O)C1. The van der Waals surface area contributed by atoms with E-state index in [1.54, 1.807) is 11.9 Å². The Bertz CT molecular complexity index is 378. The summed E-state index contributed by atoms with van der Waals surface area (Å²) in [5.74, 6) is -0.356. The van der Waals surface area contributed by atoms with Crippen molar-refractivity contribution in [2.24, 2.45) is 5.92 Å². The van der Waals surface area contributed by atoms with Crippen LogP contribution in [0.5, 0.6) is 0 Å². The summed E-state index contributed by atoms with van der Waals surface area (Å²) >= 11 is 0. The van der Waals surface area contributed by atoms with Crippen LogP contribution in [0.3, 0.4) is 0 Å². The summed E-state index contributed by atoms with van der Waals surface area (Å²) in [6.45, 7) is 2.52. The molecular formula is C14H23N3O3. The zero-order valence-electron chi connectivity index (χ0n) is 12.0. The first-order chi connectivity index (χ1) is 9.52. The molecule has 1 rings (SSSR count). The number of carbonyl (C=O) groups excluding carboxylic acids is 1. The monoisotopic (exact) mass is 281 g/mol. The normalized spacial score (nSPS) is 19.3. The maximum atomic E-state index is 12.0. The molecule has 6 heteroatoms. The van der Waals surface area contributed by atoms with Gasteiger partial charge in [0.05, 0.1) is 19.0 Å². The highest BCUT2D eigenvalue weighted by Crippen LogP contribution is 2.20. The average molecular weight is 281 g/mol. The molecule has 1 unspecified atom stereocenters. The third-order valence-electron chi connectivity index (χ3n) is 3.71. The van der Waals surface area contributed by atoms with Gasteiger partial charge in [0.25, 0.3) is 0 Å². The van der Waals surface area contributed by atoms with Gasteiger partial charge in [-0.15, -0.1) is 0 Å². The second-order valence-electron chi connectivity index (χ2n) is 5.40. The number of nitrogens with zero attached hydrogens (tertiary/aromatic N) is 3. The highest BCUT2D eigenvalue weighted by Gasteiger charge is 2.23. The molecule has 1 heterocycles. The number of carboxylic acid groups (broad SMARTS) is 1. The number of aliphatic carboxylic acids is 1. The summed E-state index contributed by atoms with van der Waals surface area (Å²) in [5.41, 5.74) is 0. The standard InChI is InChI=1S/C14H23N3O3/c1-16(8-3-7-15)13(18)11-17-9-2-4-12(10-17)5-6-14(19)20/h12H,2-6,8-11H2,1H3,(H,19,20). The summed E-state index contributed by atoms with van der Waals surface area (Å²) in [7, 11) is 1.71. The van der Waals surface area contributed by atoms with Gasteiger partial charge in [0, 0.05) is 26.6 Å². The van der Waals surface area contributed by atoms with Crippen molar-refractivity contribution in [2.45, 2.75) is 32.1 Å². The van der Waals surface area contributed by atoms with E-state index in [0.717, 1.165) is 25.9 Å². The molecule has 1 N–H and O–H groups in total. The lowest BCUT2D eigenvalue weighted by molar-refractivity contribution is -0.137. The molecule has 0 aromatic rings. The van der Waals surface area contributed by atoms with E-state index < -0.39 is 5.97 Å². The number of rotatable bonds is 7. The van der Waals surface area contributed by atoms with E-state index in [-0.39, 0.29) is 12.3 Å². The summed E-state index contributed by atoms with van der Waals surface area (Å²) in [4.78, 5) is 26.2. The Balaban J connectivity index is 2.34. The van der Waals surface area contributed by atoms with E-state index in [9.17, 15) is 9.59 Å². The number of piperidine rings is 1. The van der Waals surface area contributed by atoms with Gasteiger partial charge in [0.2, 0.25) is 5.91 Å². The molecule has 0 bridgehead atoms. The van der Waals surface area contributed by atoms with Crippen LogP contribution in [0.1, 0.15) is 32.1 Å². The first kappa shape index (κ1) is 16.4. The topological polar surface area (TPSA) is 84.6 Å². The molecule has 1 amide bonds. The van der Waals surface area contributed by atoms with Gasteiger partial charge < -0.3 is 10.0 Å². The Morgan fingerprint density at radius 2 is 2.25 bits per heavy atom. The van der Waals surface area contributed by atoms with Crippen molar-refractivity contribution >= 4 is 11.9 Å². The van der Waals surface area contributed by atoms with E-state index in [0.29, 0.717) is 31.8 Å². The molecule has 1 aliphatic heterocycles. The molecular weight excluding hydrogens is 258 g/mol. The van der Waals surface area contributed by atoms with Gasteiger partial charge in [0.1, 0.15) is 0 Å². The number of hydrogen-bond donors (Lipinski definition) is 1. The lowest BCUT2D eigenvalue weighted by Crippen LogP contribution is -2.43. The fourth-order valence-corrected chi connectivity index (χ4v) is 2.51. The van der Waals surface area contributed by atoms with Gasteiger partial charge >= 0.3 is 5.97 Å². The molecule has 20 heavy (non-hydrogen) atoms. The minimum Gasteiger partial charge on any atom is -0.481 e. The molecule has 0 radical (unpaired) electrons. The Morgan fingerprint density at radius 3 is 2.90 bits per heavy atom. The van der Waals surface area contributed by atoms with E-state index in [1.807, 2.05) is 6.07 Å². The Labute approximate surface area is 120 Å². The van der Waals surface area contributed by atoms with Crippen LogP contribution in [-0.4, -0.2) is 60.0 Å². The number of nitriles is 1. The minimum atomic E-state index is -0.755. The van der Waals surface area contributed by atoms with Crippen LogP contribution in [-0.2, 0) is 9.59 Å². The fraction of sp³-hybridized carbons (Fsp3) is 0.786. The van der Waals surface area contributed by atoms with Gasteiger partial charge in [-0.1, -0.05) is 0 Å². The first-order valence-electron chi connectivity index (χ1n) is 7.08. The molecule has 6 nitrogen and oxygen atoms in total. The molecule has 0 saturated carbocycles. The van der Waals surface area contributed by atoms with Crippen molar-refractivity contribution in [1.29, 1.82) is 5.26 Å². The van der Waals surface area contributed by atoms with Crippen molar-refractivity contribution in [1.82, 2.24) is 9.80 Å². The molecule has 1 atom stereocenters. The average Bonchev–Trinajstić information content (AvgIpc) is 2.42. The fourth-order valence-electron chi connectivity index (χ4n) is 2.51. The molecule has 0 spiro atoms. The smallest absolute Gasteiger partial charge is 0.303 e. The molecule has 112 valence electrons. The number of carboxylic acids is 1. The Morgan fingerprint density at radius 1 is 1.50 bits per heavy atom. The number of likely N-dealkylation sites (N-methyl/N-ethyl adjacent to an activating group) is 1. The maximum absolute atomic E-state index is 12.0. The molecule has 1 saturated heterocycles. The summed E-state index contributed by atoms with van der Waals surface area (Å²) in [6, 6.07) is 2.03. The molecule has 0 aromatic heterocycles. The van der Waals surface area contributed by atoms with Crippen molar-refractivity contribution in [2.75, 3.05) is 33.2 Å². The number of carbonyl (C=O) groups is 2. The van der Waals surface area contributed by atoms with Gasteiger partial charge in [-0.05, 0) is 31.7 Å². The first-order valence-corrected chi connectivity index (χ1v) is 7.08. The van der Waals surface area contributed by atoms with Crippen LogP contribution in [0.2, 0.25) is 0 Å². The van der Waals surface area contributed by atoms with Crippen molar-refractivity contribution in [3.8, 4) is 6.07 Å². The molecule has 0 aromatic carbocycles. The minimum absolute atomic E-state index is 0.0270. The third kappa shape index (κ3) is 6.02. The molecule has 0 aliphatic carbocycles. The van der Waals surface area contributed by atoms with Gasteiger partial charge in [-0.3, -0.25) is 14.5 Å². The summed E-state index contributed by atoms with van der Waals surface area (Å²) in [5, 5.41) is 17.2. The quantitative estimate of drug-likeness (QED) is 0.750. The van der Waals surface area contributed by atoms with Crippen molar-refractivity contribution in [3.05, 3.63) is 0 Å². The van der Waals surface area contributed by atoms with Crippen LogP contribution in [0.25, 0.3) is 0 Å². The van der Waals surface area contributed by atoms with E-state index >= 15 is 0 Å². The second kappa shape index (κ2) is 8.54. The second-order valence-corrected chi connectivity index (χ2v) is 5.40. The van der Waals surface area contributed by atoms with Crippen LogP contribution >= 0.6 is 0 Å². The van der Waals surface area contributed by atoms with Crippen molar-refractivity contribution in [3.63, 3.8) is 0 Å². The predicted molar refractivity (Wildman–Crippen MR) is 73.9 cm³/mol. The van der Waals surface area contributed by atoms with Crippen LogP contribution in [0, 0.1) is 17.2 Å². The van der Waals surface area contributed by atoms with Gasteiger partial charge in [-0.25, -0.2) is 0 Å². The lowest BCUT2D eigenvalue weighted by atomic mass is 9.93. The van der Waals surface area contributed by atoms with Crippen LogP contribution in [0.4, 0.5) is 0 Å². The summed E-state index contributed by atoms with van der Waals surface area (Å²) in [6.07, 6.45) is 3.30. The Hall–Kier alpha value is -1.61. The van der Waals surface area contributed by atoms with E-state index in [4.69, 9.17) is 10.4 Å². The Kier molecular flexibility index (Phi) is 7.02. The molecule has 1 fully saturated rings. The molecule has 1 aliphatic rings. The summed E-state index contributed by atoms with van der Waals surface area (Å²) < 4.78 is 0. The third-order valence-corrected chi connectivity index (χ3v) is 3.71. The van der Waals surface area contributed by atoms with E-state index in [2.05, 4.69) is 4.90 Å². The number of hydrogen-bond acceptors (Lipinski definition) is 4. The maximum Gasteiger partial charge on any atom is 0.303 e. The van der Waals surface area contributed by atoms with Crippen LogP contribution in [0.15, 0.2) is 0 Å². The zero-order valence-corrected chi connectivity index (χ0v) is 12.0. The van der Waals surface area contributed by atoms with Crippen LogP contribution < -0.4 is 0 Å². The lowest BCUT2D eigenvalue weighted by Gasteiger charge is -2.33. The highest BCUT2D eigenvalue weighted by molar-refractivity contribution is 5.78. The number of amides is 1. The zero-order chi connectivity index (χ0) is 15.0. The van der Waals surface area contributed by atoms with E-state index in [1.165, 1.54) is 0 Å². The van der Waals surface area contributed by atoms with Crippen molar-refractivity contribution < 1.29 is 14.7 Å². The van der Waals surface area contributed by atoms with Gasteiger partial charge in [0.15, 0.2) is 0 Å². The highest BCUT2D eigenvalue weighted by atomic mass is 16.4. The number of likely N-dealkylation sites (tertiary alicyclic amines) is 1. The largest absolute Gasteiger partial charge is 0.481 e. The predicted octanol–water partition coefficient (Wildman–Crippen LogP) is 0.935.